The van der Waals surface area contributed by atoms with E-state index in [4.69, 9.17) is 14.5 Å². The Morgan fingerprint density at radius 2 is 1.74 bits per heavy atom. The van der Waals surface area contributed by atoms with Crippen LogP contribution in [-0.2, 0) is 40.4 Å². The normalized spacial score (nSPS) is 31.8. The van der Waals surface area contributed by atoms with Crippen LogP contribution in [0, 0.1) is 17.3 Å². The summed E-state index contributed by atoms with van der Waals surface area (Å²) in [6.07, 6.45) is 16.1. The van der Waals surface area contributed by atoms with E-state index in [0.29, 0.717) is 44.4 Å². The van der Waals surface area contributed by atoms with Crippen LogP contribution < -0.4 is 9.46 Å². The molecule has 7 aliphatic rings. The molecule has 0 unspecified atom stereocenters. The number of hydrogen-bond acceptors (Lipinski definition) is 9. The number of hydrogen-bond donors (Lipinski definition) is 1. The van der Waals surface area contributed by atoms with Gasteiger partial charge in [0.05, 0.1) is 40.4 Å². The summed E-state index contributed by atoms with van der Waals surface area (Å²) in [5, 5.41) is 1.05. The van der Waals surface area contributed by atoms with Crippen molar-refractivity contribution in [1.29, 1.82) is 0 Å². The molecule has 5 atom stereocenters. The zero-order chi connectivity index (χ0) is 38.9. The van der Waals surface area contributed by atoms with Gasteiger partial charge in [-0.05, 0) is 109 Å². The molecule has 0 bridgehead atoms. The zero-order valence-corrected chi connectivity index (χ0v) is 33.4. The maximum absolute atomic E-state index is 15.0. The second-order valence-corrected chi connectivity index (χ2v) is 20.6. The smallest absolute Gasteiger partial charge is 0.306 e. The Morgan fingerprint density at radius 3 is 2.49 bits per heavy atom. The minimum atomic E-state index is -3.93. The van der Waals surface area contributed by atoms with E-state index >= 15 is 0 Å². The molecule has 1 spiro atoms. The number of nitrogens with zero attached hydrogens (tertiary/aromatic N) is 2. The van der Waals surface area contributed by atoms with E-state index in [1.807, 2.05) is 30.4 Å². The van der Waals surface area contributed by atoms with Crippen LogP contribution in [0.2, 0.25) is 0 Å². The van der Waals surface area contributed by atoms with Gasteiger partial charge in [-0.3, -0.25) is 23.9 Å². The molecule has 2 amide bonds. The minimum absolute atomic E-state index is 0. The molecule has 2 aromatic rings. The monoisotopic (exact) mass is 801 g/mol. The van der Waals surface area contributed by atoms with Crippen molar-refractivity contribution in [1.82, 2.24) is 14.6 Å². The Morgan fingerprint density at radius 1 is 0.982 bits per heavy atom. The van der Waals surface area contributed by atoms with Gasteiger partial charge >= 0.3 is 5.97 Å². The van der Waals surface area contributed by atoms with E-state index in [1.165, 1.54) is 0 Å². The van der Waals surface area contributed by atoms with Crippen molar-refractivity contribution >= 4 is 44.5 Å². The van der Waals surface area contributed by atoms with Crippen LogP contribution in [0.15, 0.2) is 36.4 Å². The number of nitrogens with one attached hydrogen (secondary N) is 1. The van der Waals surface area contributed by atoms with Gasteiger partial charge in [-0.2, -0.15) is 0 Å². The lowest BCUT2D eigenvalue weighted by Gasteiger charge is -2.37. The standard InChI is InChI=1S/C44H55N3O8S.CH4/c1-42(21-22-42)56(52,53)46-41(51)44-24-30(44)12-6-4-2-3-5-11-29(23-37(49)54-31-13-7-8-14-31)40(50)47-27-43(25-35(47)36(48)26-44)20-19-33-32-15-9-10-16-34(32)45-38(28-17-18-28)39(33)55-43;/h6,9-10,12,15-16,28-31,35H,2-5,7-8,11,13-14,17-27H2,1H3,(H,46,51);1H4/b12-6-;/t29-,30-,35+,43-,44-;/m1./s1. The minimum Gasteiger partial charge on any atom is -0.483 e. The van der Waals surface area contributed by atoms with Crippen LogP contribution in [0.1, 0.15) is 147 Å². The first-order valence-electron chi connectivity index (χ1n) is 21.3. The third-order valence-electron chi connectivity index (χ3n) is 14.2. The van der Waals surface area contributed by atoms with E-state index < -0.39 is 43.7 Å². The van der Waals surface area contributed by atoms with Gasteiger partial charge in [-0.25, -0.2) is 13.4 Å². The molecule has 12 heteroatoms. The van der Waals surface area contributed by atoms with E-state index in [2.05, 4.69) is 10.8 Å². The quantitative estimate of drug-likeness (QED) is 0.224. The Hall–Kier alpha value is -3.80. The molecule has 4 heterocycles. The number of fused-ring (bicyclic) bond motifs is 5. The number of benzene rings is 1. The average Bonchev–Trinajstić information content (AvgIpc) is 4.14. The lowest BCUT2D eigenvalue weighted by Crippen LogP contribution is -2.48. The predicted molar refractivity (Wildman–Crippen MR) is 216 cm³/mol. The number of esters is 1. The van der Waals surface area contributed by atoms with Crippen LogP contribution >= 0.6 is 0 Å². The van der Waals surface area contributed by atoms with Gasteiger partial charge in [0.1, 0.15) is 17.5 Å². The molecule has 1 saturated heterocycles. The lowest BCUT2D eigenvalue weighted by molar-refractivity contribution is -0.154. The molecule has 1 aromatic carbocycles. The molecule has 0 radical (unpaired) electrons. The molecule has 4 aliphatic carbocycles. The highest BCUT2D eigenvalue weighted by molar-refractivity contribution is 7.91. The van der Waals surface area contributed by atoms with Crippen molar-refractivity contribution in [3.05, 3.63) is 47.7 Å². The van der Waals surface area contributed by atoms with Crippen LogP contribution in [0.4, 0.5) is 0 Å². The van der Waals surface area contributed by atoms with Gasteiger partial charge in [0.2, 0.25) is 21.8 Å². The fourth-order valence-electron chi connectivity index (χ4n) is 10.1. The topological polar surface area (TPSA) is 149 Å². The van der Waals surface area contributed by atoms with Crippen molar-refractivity contribution in [3.8, 4) is 5.75 Å². The van der Waals surface area contributed by atoms with E-state index in [-0.39, 0.29) is 62.9 Å². The molecular formula is C45H59N3O8S. The van der Waals surface area contributed by atoms with Gasteiger partial charge < -0.3 is 14.4 Å². The molecule has 5 fully saturated rings. The van der Waals surface area contributed by atoms with Crippen molar-refractivity contribution < 1.29 is 37.1 Å². The summed E-state index contributed by atoms with van der Waals surface area (Å²) in [5.74, 6) is -1.38. The third-order valence-corrected chi connectivity index (χ3v) is 16.4. The SMILES string of the molecule is C.CC1(S(=O)(=O)NC(=O)[C@]23CC(=O)[C@@H]4C[C@]5(CCc6c(c(C7CC7)nc7ccccc67)O5)CN4C(=O)[C@@H](CC(=O)OC4CCCC4)CCCCC/C=C\[C@@H]2C3)CC1. The van der Waals surface area contributed by atoms with Gasteiger partial charge in [0.25, 0.3) is 0 Å². The number of carbonyl (C=O) groups is 4. The summed E-state index contributed by atoms with van der Waals surface area (Å²) in [5.41, 5.74) is 0.925. The van der Waals surface area contributed by atoms with Crippen LogP contribution in [-0.4, -0.2) is 70.9 Å². The molecule has 308 valence electrons. The lowest BCUT2D eigenvalue weighted by atomic mass is 9.85. The highest BCUT2D eigenvalue weighted by Gasteiger charge is 2.63. The maximum Gasteiger partial charge on any atom is 0.306 e. The molecule has 1 N–H and O–H groups in total. The fraction of sp³-hybridized carbons (Fsp3) is 0.667. The number of amides is 2. The van der Waals surface area contributed by atoms with E-state index in [1.54, 1.807) is 11.8 Å². The highest BCUT2D eigenvalue weighted by Crippen LogP contribution is 2.58. The summed E-state index contributed by atoms with van der Waals surface area (Å²) in [6, 6.07) is 7.23. The number of allylic oxidation sites excluding steroid dienone is 2. The second kappa shape index (κ2) is 15.1. The fourth-order valence-corrected chi connectivity index (χ4v) is 11.4. The van der Waals surface area contributed by atoms with Crippen molar-refractivity contribution in [2.75, 3.05) is 6.54 Å². The van der Waals surface area contributed by atoms with Gasteiger partial charge in [-0.15, -0.1) is 0 Å². The summed E-state index contributed by atoms with van der Waals surface area (Å²) in [6.45, 7) is 1.82. The first-order valence-corrected chi connectivity index (χ1v) is 22.7. The highest BCUT2D eigenvalue weighted by atomic mass is 32.2. The van der Waals surface area contributed by atoms with E-state index in [9.17, 15) is 27.6 Å². The first-order chi connectivity index (χ1) is 26.9. The molecule has 4 saturated carbocycles. The molecule has 3 aliphatic heterocycles. The molecule has 9 rings (SSSR count). The summed E-state index contributed by atoms with van der Waals surface area (Å²) in [4.78, 5) is 64.0. The summed E-state index contributed by atoms with van der Waals surface area (Å²) in [7, 11) is -3.93. The number of rotatable bonds is 7. The number of ether oxygens (including phenoxy) is 2. The number of carbonyl (C=O) groups excluding carboxylic acids is 4. The summed E-state index contributed by atoms with van der Waals surface area (Å²) >= 11 is 0. The van der Waals surface area contributed by atoms with Crippen molar-refractivity contribution in [3.63, 3.8) is 0 Å². The Balaban J connectivity index is 0.00000455. The van der Waals surface area contributed by atoms with Crippen molar-refractivity contribution in [2.24, 2.45) is 17.3 Å². The number of sulfonamides is 1. The molecular weight excluding hydrogens is 743 g/mol. The van der Waals surface area contributed by atoms with Crippen LogP contribution in [0.5, 0.6) is 5.75 Å². The summed E-state index contributed by atoms with van der Waals surface area (Å²) < 4.78 is 41.0. The molecule has 11 nitrogen and oxygen atoms in total. The van der Waals surface area contributed by atoms with Gasteiger partial charge in [0, 0.05) is 35.6 Å². The van der Waals surface area contributed by atoms with Crippen LogP contribution in [0.25, 0.3) is 10.9 Å². The largest absolute Gasteiger partial charge is 0.483 e. The average molecular weight is 802 g/mol. The van der Waals surface area contributed by atoms with Gasteiger partial charge in [-0.1, -0.05) is 50.6 Å². The van der Waals surface area contributed by atoms with E-state index in [0.717, 1.165) is 92.1 Å². The number of aromatic nitrogens is 1. The Bertz CT molecular complexity index is 2090. The zero-order valence-electron chi connectivity index (χ0n) is 32.6. The van der Waals surface area contributed by atoms with Crippen molar-refractivity contribution in [2.45, 2.75) is 165 Å². The number of pyridine rings is 1. The van der Waals surface area contributed by atoms with Crippen LogP contribution in [0.3, 0.4) is 0 Å². The Labute approximate surface area is 337 Å². The Kier molecular flexibility index (Phi) is 10.6. The number of Topliss-reactive ketones (excluding diaryl/α,β-unsaturated/α-hetero) is 1. The van der Waals surface area contributed by atoms with Gasteiger partial charge in [0.15, 0.2) is 5.78 Å². The number of ketones is 1. The second-order valence-electron chi connectivity index (χ2n) is 18.4. The predicted octanol–water partition coefficient (Wildman–Crippen LogP) is 7.39. The number of para-hydroxylation sites is 1. The maximum atomic E-state index is 15.0. The first kappa shape index (κ1) is 40.0. The number of aryl methyl sites for hydroxylation is 1. The molecule has 57 heavy (non-hydrogen) atoms. The third kappa shape index (κ3) is 7.64. The molecule has 1 aromatic heterocycles.